The summed E-state index contributed by atoms with van der Waals surface area (Å²) in [4.78, 5) is 16.2. The van der Waals surface area contributed by atoms with Crippen LogP contribution in [0.5, 0.6) is 0 Å². The fourth-order valence-corrected chi connectivity index (χ4v) is 4.59. The van der Waals surface area contributed by atoms with Gasteiger partial charge in [-0.15, -0.1) is 0 Å². The molecule has 0 spiro atoms. The molecular formula is C28H33N3O. The molecule has 32 heavy (non-hydrogen) atoms. The number of benzene rings is 3. The molecule has 1 aliphatic heterocycles. The fourth-order valence-electron chi connectivity index (χ4n) is 4.59. The molecule has 4 rings (SSSR count). The normalized spacial score (nSPS) is 14.9. The van der Waals surface area contributed by atoms with Gasteiger partial charge in [0, 0.05) is 18.8 Å². The van der Waals surface area contributed by atoms with Crippen molar-refractivity contribution >= 4 is 11.7 Å². The van der Waals surface area contributed by atoms with Gasteiger partial charge in [-0.25, -0.2) is 4.79 Å². The summed E-state index contributed by atoms with van der Waals surface area (Å²) in [5.41, 5.74) is 10.5. The van der Waals surface area contributed by atoms with Gasteiger partial charge in [0.15, 0.2) is 0 Å². The summed E-state index contributed by atoms with van der Waals surface area (Å²) in [6.07, 6.45) is 4.47. The van der Waals surface area contributed by atoms with E-state index in [-0.39, 0.29) is 0 Å². The Labute approximate surface area is 191 Å². The van der Waals surface area contributed by atoms with Gasteiger partial charge in [0.05, 0.1) is 0 Å². The highest BCUT2D eigenvalue weighted by atomic mass is 16.2. The third kappa shape index (κ3) is 6.21. The number of carbonyl (C=O) groups excluding carboxylic acids is 1. The van der Waals surface area contributed by atoms with Crippen LogP contribution in [-0.4, -0.2) is 30.6 Å². The Bertz CT molecular complexity index is 965. The molecule has 0 radical (unpaired) electrons. The summed E-state index contributed by atoms with van der Waals surface area (Å²) in [5.74, 6) is 0.782. The molecule has 1 saturated heterocycles. The first kappa shape index (κ1) is 22.1. The molecule has 2 N–H and O–H groups in total. The van der Waals surface area contributed by atoms with Crippen molar-refractivity contribution in [2.75, 3.05) is 24.5 Å². The van der Waals surface area contributed by atoms with E-state index in [9.17, 15) is 4.79 Å². The molecule has 0 bridgehead atoms. The molecule has 4 heteroatoms. The molecule has 0 aliphatic carbocycles. The van der Waals surface area contributed by atoms with Crippen molar-refractivity contribution in [2.45, 2.75) is 32.2 Å². The summed E-state index contributed by atoms with van der Waals surface area (Å²) in [6.45, 7) is 3.82. The van der Waals surface area contributed by atoms with E-state index in [2.05, 4.69) is 59.5 Å². The number of hydrogen-bond donors (Lipinski definition) is 1. The number of nitrogens with two attached hydrogens (primary N) is 1. The van der Waals surface area contributed by atoms with Gasteiger partial charge in [-0.1, -0.05) is 72.8 Å². The minimum Gasteiger partial charge on any atom is -0.351 e. The van der Waals surface area contributed by atoms with Gasteiger partial charge >= 0.3 is 6.03 Å². The Morgan fingerprint density at radius 2 is 1.41 bits per heavy atom. The van der Waals surface area contributed by atoms with Gasteiger partial charge in [-0.2, -0.15) is 0 Å². The quantitative estimate of drug-likeness (QED) is 0.532. The molecule has 3 aromatic carbocycles. The number of rotatable bonds is 8. The van der Waals surface area contributed by atoms with E-state index in [0.29, 0.717) is 6.54 Å². The molecule has 0 atom stereocenters. The number of hydrogen-bond acceptors (Lipinski definition) is 2. The van der Waals surface area contributed by atoms with E-state index in [4.69, 9.17) is 5.73 Å². The van der Waals surface area contributed by atoms with E-state index >= 15 is 0 Å². The van der Waals surface area contributed by atoms with Gasteiger partial charge in [0.25, 0.3) is 0 Å². The highest BCUT2D eigenvalue weighted by Crippen LogP contribution is 2.24. The van der Waals surface area contributed by atoms with Gasteiger partial charge in [0.1, 0.15) is 0 Å². The SMILES string of the molecule is NC(=O)N(CCc1ccccc1)c1ccc(CN2CCC(Cc3ccccc3)CC2)cc1. The number of amides is 2. The number of urea groups is 1. The van der Waals surface area contributed by atoms with E-state index in [0.717, 1.165) is 37.7 Å². The average Bonchev–Trinajstić information content (AvgIpc) is 2.83. The van der Waals surface area contributed by atoms with Crippen molar-refractivity contribution in [3.8, 4) is 0 Å². The summed E-state index contributed by atoms with van der Waals surface area (Å²) in [7, 11) is 0. The van der Waals surface area contributed by atoms with E-state index in [1.165, 1.54) is 36.0 Å². The highest BCUT2D eigenvalue weighted by Gasteiger charge is 2.20. The topological polar surface area (TPSA) is 49.6 Å². The number of piperidine rings is 1. The van der Waals surface area contributed by atoms with Crippen molar-refractivity contribution in [2.24, 2.45) is 11.7 Å². The van der Waals surface area contributed by atoms with Gasteiger partial charge < -0.3 is 5.73 Å². The van der Waals surface area contributed by atoms with Crippen LogP contribution in [-0.2, 0) is 19.4 Å². The first-order valence-electron chi connectivity index (χ1n) is 11.6. The van der Waals surface area contributed by atoms with Crippen molar-refractivity contribution in [1.29, 1.82) is 0 Å². The second kappa shape index (κ2) is 11.0. The number of anilines is 1. The van der Waals surface area contributed by atoms with Crippen LogP contribution in [0.1, 0.15) is 29.5 Å². The van der Waals surface area contributed by atoms with Crippen LogP contribution in [0, 0.1) is 5.92 Å². The summed E-state index contributed by atoms with van der Waals surface area (Å²) in [6, 6.07) is 28.9. The zero-order valence-corrected chi connectivity index (χ0v) is 18.7. The third-order valence-corrected chi connectivity index (χ3v) is 6.46. The predicted octanol–water partition coefficient (Wildman–Crippen LogP) is 5.27. The second-order valence-corrected chi connectivity index (χ2v) is 8.80. The maximum Gasteiger partial charge on any atom is 0.319 e. The lowest BCUT2D eigenvalue weighted by Gasteiger charge is -2.32. The molecule has 1 aliphatic rings. The zero-order chi connectivity index (χ0) is 22.2. The molecule has 4 nitrogen and oxygen atoms in total. The van der Waals surface area contributed by atoms with Crippen LogP contribution in [0.15, 0.2) is 84.9 Å². The predicted molar refractivity (Wildman–Crippen MR) is 132 cm³/mol. The third-order valence-electron chi connectivity index (χ3n) is 6.46. The fraction of sp³-hybridized carbons (Fsp3) is 0.321. The Morgan fingerprint density at radius 1 is 0.812 bits per heavy atom. The maximum atomic E-state index is 12.0. The monoisotopic (exact) mass is 427 g/mol. The molecule has 3 aromatic rings. The molecule has 1 heterocycles. The molecule has 166 valence electrons. The minimum atomic E-state index is -0.408. The van der Waals surface area contributed by atoms with Crippen LogP contribution < -0.4 is 10.6 Å². The van der Waals surface area contributed by atoms with Crippen molar-refractivity contribution in [3.63, 3.8) is 0 Å². The van der Waals surface area contributed by atoms with Crippen LogP contribution in [0.25, 0.3) is 0 Å². The number of likely N-dealkylation sites (tertiary alicyclic amines) is 1. The maximum absolute atomic E-state index is 12.0. The Hall–Kier alpha value is -3.11. The van der Waals surface area contributed by atoms with Crippen LogP contribution in [0.2, 0.25) is 0 Å². The second-order valence-electron chi connectivity index (χ2n) is 8.80. The minimum absolute atomic E-state index is 0.408. The molecular weight excluding hydrogens is 394 g/mol. The Balaban J connectivity index is 1.28. The van der Waals surface area contributed by atoms with Crippen LogP contribution >= 0.6 is 0 Å². The largest absolute Gasteiger partial charge is 0.351 e. The van der Waals surface area contributed by atoms with Gasteiger partial charge in [-0.3, -0.25) is 9.80 Å². The van der Waals surface area contributed by atoms with E-state index in [1.807, 2.05) is 30.3 Å². The van der Waals surface area contributed by atoms with Crippen molar-refractivity contribution < 1.29 is 4.79 Å². The number of primary amides is 1. The standard InChI is InChI=1S/C28H33N3O/c29-28(32)31(20-17-23-7-3-1-4-8-23)27-13-11-26(12-14-27)22-30-18-15-25(16-19-30)21-24-9-5-2-6-10-24/h1-14,25H,15-22H2,(H2,29,32). The van der Waals surface area contributed by atoms with Crippen molar-refractivity contribution in [1.82, 2.24) is 4.90 Å². The smallest absolute Gasteiger partial charge is 0.319 e. The highest BCUT2D eigenvalue weighted by molar-refractivity contribution is 5.90. The lowest BCUT2D eigenvalue weighted by Crippen LogP contribution is -2.37. The summed E-state index contributed by atoms with van der Waals surface area (Å²) in [5, 5.41) is 0. The van der Waals surface area contributed by atoms with Crippen LogP contribution in [0.4, 0.5) is 10.5 Å². The van der Waals surface area contributed by atoms with E-state index in [1.54, 1.807) is 4.90 Å². The van der Waals surface area contributed by atoms with Crippen LogP contribution in [0.3, 0.4) is 0 Å². The molecule has 0 saturated carbocycles. The first-order valence-corrected chi connectivity index (χ1v) is 11.6. The molecule has 0 unspecified atom stereocenters. The van der Waals surface area contributed by atoms with Crippen molar-refractivity contribution in [3.05, 3.63) is 102 Å². The lowest BCUT2D eigenvalue weighted by molar-refractivity contribution is 0.177. The summed E-state index contributed by atoms with van der Waals surface area (Å²) < 4.78 is 0. The Kier molecular flexibility index (Phi) is 7.57. The Morgan fingerprint density at radius 3 is 2.00 bits per heavy atom. The lowest BCUT2D eigenvalue weighted by atomic mass is 9.90. The van der Waals surface area contributed by atoms with Gasteiger partial charge in [0.2, 0.25) is 0 Å². The van der Waals surface area contributed by atoms with E-state index < -0.39 is 6.03 Å². The molecule has 0 aromatic heterocycles. The molecule has 2 amide bonds. The zero-order valence-electron chi connectivity index (χ0n) is 18.7. The number of nitrogens with zero attached hydrogens (tertiary/aromatic N) is 2. The number of carbonyl (C=O) groups is 1. The average molecular weight is 428 g/mol. The molecule has 1 fully saturated rings. The van der Waals surface area contributed by atoms with Gasteiger partial charge in [-0.05, 0) is 73.5 Å². The first-order chi connectivity index (χ1) is 15.7. The summed E-state index contributed by atoms with van der Waals surface area (Å²) >= 11 is 0.